The van der Waals surface area contributed by atoms with Gasteiger partial charge in [-0.1, -0.05) is 36.4 Å². The molecule has 0 saturated carbocycles. The Labute approximate surface area is 109 Å². The maximum atomic E-state index is 3.49. The fourth-order valence-corrected chi connectivity index (χ4v) is 2.11. The summed E-state index contributed by atoms with van der Waals surface area (Å²) in [5, 5.41) is 6.97. The van der Waals surface area contributed by atoms with Crippen molar-refractivity contribution in [3.8, 4) is 0 Å². The van der Waals surface area contributed by atoms with Gasteiger partial charge in [-0.3, -0.25) is 0 Å². The minimum Gasteiger partial charge on any atom is -0.317 e. The van der Waals surface area contributed by atoms with Crippen molar-refractivity contribution >= 4 is 10.2 Å². The molecule has 0 radical (unpaired) electrons. The van der Waals surface area contributed by atoms with E-state index in [1.165, 1.54) is 54.2 Å². The molecule has 1 rings (SSSR count). The second kappa shape index (κ2) is 10.5. The minimum absolute atomic E-state index is 0.995. The van der Waals surface area contributed by atoms with Crippen LogP contribution in [0.2, 0.25) is 6.04 Å². The largest absolute Gasteiger partial charge is 0.317 e. The summed E-state index contributed by atoms with van der Waals surface area (Å²) in [5.41, 5.74) is 1.37. The standard InChI is InChI=1S/C14H26N2Si/c17-12-6-11-15-9-4-5-10-16-13-14-7-2-1-3-8-14/h1-3,7-8,15-16H,4-6,9-13H2,17H3. The molecule has 3 heteroatoms. The Balaban J connectivity index is 1.85. The van der Waals surface area contributed by atoms with Gasteiger partial charge in [0.15, 0.2) is 0 Å². The summed E-state index contributed by atoms with van der Waals surface area (Å²) >= 11 is 0. The van der Waals surface area contributed by atoms with Crippen LogP contribution in [0.25, 0.3) is 0 Å². The Morgan fingerprint density at radius 1 is 0.824 bits per heavy atom. The van der Waals surface area contributed by atoms with Crippen LogP contribution in [0.1, 0.15) is 24.8 Å². The van der Waals surface area contributed by atoms with E-state index in [0.717, 1.165) is 13.1 Å². The second-order valence-corrected chi connectivity index (χ2v) is 5.47. The number of rotatable bonds is 10. The molecule has 2 N–H and O–H groups in total. The zero-order chi connectivity index (χ0) is 12.2. The summed E-state index contributed by atoms with van der Waals surface area (Å²) < 4.78 is 0. The van der Waals surface area contributed by atoms with Crippen LogP contribution in [-0.2, 0) is 6.54 Å². The molecular formula is C14H26N2Si. The summed E-state index contributed by atoms with van der Waals surface area (Å²) in [6.45, 7) is 4.50. The van der Waals surface area contributed by atoms with Gasteiger partial charge < -0.3 is 10.6 Å². The van der Waals surface area contributed by atoms with Gasteiger partial charge in [-0.15, -0.1) is 0 Å². The van der Waals surface area contributed by atoms with Gasteiger partial charge in [0.1, 0.15) is 0 Å². The highest BCUT2D eigenvalue weighted by Crippen LogP contribution is 1.97. The molecule has 17 heavy (non-hydrogen) atoms. The lowest BCUT2D eigenvalue weighted by atomic mass is 10.2. The van der Waals surface area contributed by atoms with Crippen LogP contribution >= 0.6 is 0 Å². The second-order valence-electron chi connectivity index (χ2n) is 4.47. The Morgan fingerprint density at radius 2 is 1.47 bits per heavy atom. The summed E-state index contributed by atoms with van der Waals surface area (Å²) in [6.07, 6.45) is 3.90. The molecule has 96 valence electrons. The van der Waals surface area contributed by atoms with E-state index in [1.807, 2.05) is 0 Å². The van der Waals surface area contributed by atoms with Crippen molar-refractivity contribution in [2.45, 2.75) is 31.9 Å². The molecule has 0 bridgehead atoms. The fourth-order valence-electron chi connectivity index (χ4n) is 1.76. The first kappa shape index (κ1) is 14.4. The van der Waals surface area contributed by atoms with Gasteiger partial charge in [-0.2, -0.15) is 0 Å². The van der Waals surface area contributed by atoms with E-state index in [2.05, 4.69) is 41.0 Å². The summed E-state index contributed by atoms with van der Waals surface area (Å²) in [7, 11) is 1.35. The molecule has 2 nitrogen and oxygen atoms in total. The molecule has 0 aliphatic rings. The van der Waals surface area contributed by atoms with Gasteiger partial charge in [0, 0.05) is 16.8 Å². The average Bonchev–Trinajstić information content (AvgIpc) is 2.38. The molecule has 0 amide bonds. The summed E-state index contributed by atoms with van der Waals surface area (Å²) in [4.78, 5) is 0. The third kappa shape index (κ3) is 8.13. The van der Waals surface area contributed by atoms with Crippen molar-refractivity contribution in [1.29, 1.82) is 0 Å². The fraction of sp³-hybridized carbons (Fsp3) is 0.571. The highest BCUT2D eigenvalue weighted by Gasteiger charge is 1.91. The first-order valence-corrected chi connectivity index (χ1v) is 8.30. The minimum atomic E-state index is 0.995. The number of unbranched alkanes of at least 4 members (excludes halogenated alkanes) is 1. The van der Waals surface area contributed by atoms with Crippen molar-refractivity contribution < 1.29 is 0 Å². The van der Waals surface area contributed by atoms with E-state index >= 15 is 0 Å². The van der Waals surface area contributed by atoms with Gasteiger partial charge in [0.05, 0.1) is 0 Å². The van der Waals surface area contributed by atoms with Gasteiger partial charge in [0.25, 0.3) is 0 Å². The van der Waals surface area contributed by atoms with Crippen LogP contribution in [0, 0.1) is 0 Å². The van der Waals surface area contributed by atoms with E-state index in [0.29, 0.717) is 0 Å². The lowest BCUT2D eigenvalue weighted by molar-refractivity contribution is 0.580. The highest BCUT2D eigenvalue weighted by molar-refractivity contribution is 6.08. The van der Waals surface area contributed by atoms with Crippen molar-refractivity contribution in [2.75, 3.05) is 19.6 Å². The Morgan fingerprint density at radius 3 is 2.18 bits per heavy atom. The molecule has 0 fully saturated rings. The molecule has 0 unspecified atom stereocenters. The van der Waals surface area contributed by atoms with Crippen molar-refractivity contribution in [3.05, 3.63) is 35.9 Å². The van der Waals surface area contributed by atoms with Crippen LogP contribution in [0.15, 0.2) is 30.3 Å². The van der Waals surface area contributed by atoms with Crippen LogP contribution in [0.3, 0.4) is 0 Å². The smallest absolute Gasteiger partial charge is 0.0205 e. The molecule has 1 aromatic rings. The van der Waals surface area contributed by atoms with Crippen LogP contribution < -0.4 is 10.6 Å². The highest BCUT2D eigenvalue weighted by atomic mass is 28.1. The molecule has 1 aromatic carbocycles. The lowest BCUT2D eigenvalue weighted by Crippen LogP contribution is -2.19. The Bertz CT molecular complexity index is 264. The molecular weight excluding hydrogens is 224 g/mol. The SMILES string of the molecule is [SiH3]CCCNCCCCNCc1ccccc1. The summed E-state index contributed by atoms with van der Waals surface area (Å²) in [6, 6.07) is 12.0. The summed E-state index contributed by atoms with van der Waals surface area (Å²) in [5.74, 6) is 0. The van der Waals surface area contributed by atoms with Crippen LogP contribution in [0.4, 0.5) is 0 Å². The van der Waals surface area contributed by atoms with Crippen LogP contribution in [-0.4, -0.2) is 29.9 Å². The predicted molar refractivity (Wildman–Crippen MR) is 79.6 cm³/mol. The molecule has 0 aliphatic heterocycles. The van der Waals surface area contributed by atoms with E-state index in [4.69, 9.17) is 0 Å². The maximum Gasteiger partial charge on any atom is 0.0205 e. The zero-order valence-corrected chi connectivity index (χ0v) is 13.0. The van der Waals surface area contributed by atoms with E-state index in [9.17, 15) is 0 Å². The van der Waals surface area contributed by atoms with Crippen molar-refractivity contribution in [3.63, 3.8) is 0 Å². The average molecular weight is 250 g/mol. The normalized spacial score (nSPS) is 10.8. The van der Waals surface area contributed by atoms with Gasteiger partial charge in [0.2, 0.25) is 0 Å². The van der Waals surface area contributed by atoms with E-state index in [1.54, 1.807) is 0 Å². The topological polar surface area (TPSA) is 24.1 Å². The lowest BCUT2D eigenvalue weighted by Gasteiger charge is -2.06. The Kier molecular flexibility index (Phi) is 8.91. The first-order chi connectivity index (χ1) is 8.43. The third-order valence-corrected chi connectivity index (χ3v) is 3.54. The number of hydrogen-bond acceptors (Lipinski definition) is 2. The van der Waals surface area contributed by atoms with Gasteiger partial charge >= 0.3 is 0 Å². The van der Waals surface area contributed by atoms with E-state index < -0.39 is 0 Å². The molecule has 0 aromatic heterocycles. The molecule has 0 spiro atoms. The molecule has 0 heterocycles. The van der Waals surface area contributed by atoms with Crippen molar-refractivity contribution in [1.82, 2.24) is 10.6 Å². The third-order valence-electron chi connectivity index (χ3n) is 2.84. The van der Waals surface area contributed by atoms with Crippen molar-refractivity contribution in [2.24, 2.45) is 0 Å². The zero-order valence-electron chi connectivity index (χ0n) is 11.0. The van der Waals surface area contributed by atoms with Gasteiger partial charge in [-0.05, 0) is 44.5 Å². The number of nitrogens with one attached hydrogen (secondary N) is 2. The van der Waals surface area contributed by atoms with E-state index in [-0.39, 0.29) is 0 Å². The van der Waals surface area contributed by atoms with Crippen LogP contribution in [0.5, 0.6) is 0 Å². The molecule has 0 saturated heterocycles. The number of benzene rings is 1. The monoisotopic (exact) mass is 250 g/mol. The molecule has 0 atom stereocenters. The van der Waals surface area contributed by atoms with Gasteiger partial charge in [-0.25, -0.2) is 0 Å². The predicted octanol–water partition coefficient (Wildman–Crippen LogP) is 1.32. The first-order valence-electron chi connectivity index (χ1n) is 6.89. The quantitative estimate of drug-likeness (QED) is 0.483. The maximum absolute atomic E-state index is 3.49. The Hall–Kier alpha value is -0.643. The number of hydrogen-bond donors (Lipinski definition) is 2. The molecule has 0 aliphatic carbocycles.